The summed E-state index contributed by atoms with van der Waals surface area (Å²) in [6, 6.07) is 12.1. The van der Waals surface area contributed by atoms with Crippen LogP contribution in [0.3, 0.4) is 0 Å². The second-order valence-electron chi connectivity index (χ2n) is 7.66. The molecular formula is C24H31Cl2NO2. The van der Waals surface area contributed by atoms with Gasteiger partial charge in [-0.25, -0.2) is 0 Å². The van der Waals surface area contributed by atoms with Crippen LogP contribution in [0.5, 0.6) is 11.5 Å². The molecule has 0 aliphatic heterocycles. The van der Waals surface area contributed by atoms with E-state index in [0.717, 1.165) is 23.4 Å². The van der Waals surface area contributed by atoms with Crippen LogP contribution in [-0.2, 0) is 13.2 Å². The van der Waals surface area contributed by atoms with Crippen LogP contribution in [0.4, 0.5) is 0 Å². The Bertz CT molecular complexity index is 773. The Kier molecular flexibility index (Phi) is 8.97. The van der Waals surface area contributed by atoms with E-state index in [-0.39, 0.29) is 0 Å². The molecule has 0 amide bonds. The third kappa shape index (κ3) is 7.09. The minimum atomic E-state index is 0.413. The highest BCUT2D eigenvalue weighted by Crippen LogP contribution is 2.34. The highest BCUT2D eigenvalue weighted by atomic mass is 35.5. The number of rotatable bonds is 8. The predicted octanol–water partition coefficient (Wildman–Crippen LogP) is 7.17. The summed E-state index contributed by atoms with van der Waals surface area (Å²) >= 11 is 12.7. The molecule has 3 rings (SSSR count). The van der Waals surface area contributed by atoms with E-state index in [4.69, 9.17) is 32.7 Å². The van der Waals surface area contributed by atoms with Crippen molar-refractivity contribution in [3.63, 3.8) is 0 Å². The standard InChI is InChI=1S/C24H31Cl2NO2/c1-2-28-23-14-19(16-27-21-11-6-4-3-5-7-12-21)22(26)15-24(23)29-17-18-9-8-10-20(25)13-18/h8-10,13-15,21,27H,2-7,11-12,16-17H2,1H3. The summed E-state index contributed by atoms with van der Waals surface area (Å²) < 4.78 is 11.8. The molecule has 158 valence electrons. The van der Waals surface area contributed by atoms with Crippen LogP contribution in [0.25, 0.3) is 0 Å². The Morgan fingerprint density at radius 2 is 1.66 bits per heavy atom. The third-order valence-electron chi connectivity index (χ3n) is 5.38. The van der Waals surface area contributed by atoms with Gasteiger partial charge in [0.05, 0.1) is 6.61 Å². The van der Waals surface area contributed by atoms with Gasteiger partial charge in [-0.15, -0.1) is 0 Å². The minimum Gasteiger partial charge on any atom is -0.490 e. The van der Waals surface area contributed by atoms with Gasteiger partial charge in [0.1, 0.15) is 6.61 Å². The van der Waals surface area contributed by atoms with Gasteiger partial charge in [0.25, 0.3) is 0 Å². The quantitative estimate of drug-likeness (QED) is 0.476. The van der Waals surface area contributed by atoms with Gasteiger partial charge in [-0.1, -0.05) is 67.4 Å². The van der Waals surface area contributed by atoms with Crippen LogP contribution in [0.2, 0.25) is 10.0 Å². The van der Waals surface area contributed by atoms with Crippen LogP contribution >= 0.6 is 23.2 Å². The van der Waals surface area contributed by atoms with Crippen LogP contribution in [-0.4, -0.2) is 12.6 Å². The molecule has 0 spiro atoms. The molecule has 0 unspecified atom stereocenters. The average molecular weight is 436 g/mol. The molecule has 0 saturated heterocycles. The van der Waals surface area contributed by atoms with Crippen LogP contribution in [0.15, 0.2) is 36.4 Å². The van der Waals surface area contributed by atoms with Crippen molar-refractivity contribution in [2.24, 2.45) is 0 Å². The van der Waals surface area contributed by atoms with Crippen LogP contribution in [0, 0.1) is 0 Å². The number of hydrogen-bond acceptors (Lipinski definition) is 3. The number of nitrogens with one attached hydrogen (secondary N) is 1. The van der Waals surface area contributed by atoms with E-state index in [1.54, 1.807) is 0 Å². The molecule has 1 aliphatic rings. The Morgan fingerprint density at radius 3 is 2.38 bits per heavy atom. The van der Waals surface area contributed by atoms with Gasteiger partial charge in [0.2, 0.25) is 0 Å². The summed E-state index contributed by atoms with van der Waals surface area (Å²) in [6.45, 7) is 3.71. The van der Waals surface area contributed by atoms with Gasteiger partial charge in [0, 0.05) is 28.7 Å². The fourth-order valence-corrected chi connectivity index (χ4v) is 4.23. The SMILES string of the molecule is CCOc1cc(CNC2CCCCCCC2)c(Cl)cc1OCc1cccc(Cl)c1. The maximum atomic E-state index is 6.59. The molecule has 5 heteroatoms. The zero-order valence-corrected chi connectivity index (χ0v) is 18.7. The minimum absolute atomic E-state index is 0.413. The normalized spacial score (nSPS) is 15.6. The lowest BCUT2D eigenvalue weighted by molar-refractivity contribution is 0.269. The van der Waals surface area contributed by atoms with E-state index in [0.29, 0.717) is 35.1 Å². The first-order chi connectivity index (χ1) is 14.2. The number of ether oxygens (including phenoxy) is 2. The van der Waals surface area contributed by atoms with E-state index in [1.807, 2.05) is 43.3 Å². The van der Waals surface area contributed by atoms with Gasteiger partial charge in [-0.3, -0.25) is 0 Å². The van der Waals surface area contributed by atoms with Gasteiger partial charge in [0.15, 0.2) is 11.5 Å². The number of hydrogen-bond donors (Lipinski definition) is 1. The van der Waals surface area contributed by atoms with E-state index in [9.17, 15) is 0 Å². The van der Waals surface area contributed by atoms with Gasteiger partial charge < -0.3 is 14.8 Å². The first-order valence-corrected chi connectivity index (χ1v) is 11.5. The molecular weight excluding hydrogens is 405 g/mol. The predicted molar refractivity (Wildman–Crippen MR) is 121 cm³/mol. The second kappa shape index (κ2) is 11.7. The van der Waals surface area contributed by atoms with Crippen molar-refractivity contribution in [2.75, 3.05) is 6.61 Å². The largest absolute Gasteiger partial charge is 0.490 e. The molecule has 29 heavy (non-hydrogen) atoms. The van der Waals surface area contributed by atoms with Crippen molar-refractivity contribution in [3.8, 4) is 11.5 Å². The lowest BCUT2D eigenvalue weighted by Crippen LogP contribution is -2.29. The molecule has 1 saturated carbocycles. The highest BCUT2D eigenvalue weighted by molar-refractivity contribution is 6.31. The fourth-order valence-electron chi connectivity index (χ4n) is 3.80. The molecule has 1 N–H and O–H groups in total. The molecule has 2 aromatic carbocycles. The molecule has 0 atom stereocenters. The summed E-state index contributed by atoms with van der Waals surface area (Å²) in [7, 11) is 0. The van der Waals surface area contributed by atoms with Gasteiger partial charge >= 0.3 is 0 Å². The van der Waals surface area contributed by atoms with Crippen molar-refractivity contribution in [3.05, 3.63) is 57.6 Å². The summed E-state index contributed by atoms with van der Waals surface area (Å²) in [4.78, 5) is 0. The molecule has 3 nitrogen and oxygen atoms in total. The van der Waals surface area contributed by atoms with Crippen LogP contribution in [0.1, 0.15) is 63.0 Å². The molecule has 0 bridgehead atoms. The maximum Gasteiger partial charge on any atom is 0.163 e. The smallest absolute Gasteiger partial charge is 0.163 e. The van der Waals surface area contributed by atoms with E-state index >= 15 is 0 Å². The lowest BCUT2D eigenvalue weighted by Gasteiger charge is -2.22. The Labute approximate surface area is 184 Å². The van der Waals surface area contributed by atoms with Crippen molar-refractivity contribution >= 4 is 23.2 Å². The Hall–Kier alpha value is -1.42. The van der Waals surface area contributed by atoms with E-state index in [1.165, 1.54) is 44.9 Å². The van der Waals surface area contributed by atoms with E-state index in [2.05, 4.69) is 5.32 Å². The summed E-state index contributed by atoms with van der Waals surface area (Å²) in [5, 5.41) is 5.10. The number of halogens is 2. The monoisotopic (exact) mass is 435 g/mol. The zero-order chi connectivity index (χ0) is 20.5. The summed E-state index contributed by atoms with van der Waals surface area (Å²) in [5.41, 5.74) is 2.05. The lowest BCUT2D eigenvalue weighted by atomic mass is 9.96. The van der Waals surface area contributed by atoms with Gasteiger partial charge in [-0.2, -0.15) is 0 Å². The Morgan fingerprint density at radius 1 is 0.931 bits per heavy atom. The van der Waals surface area contributed by atoms with E-state index < -0.39 is 0 Å². The highest BCUT2D eigenvalue weighted by Gasteiger charge is 2.15. The van der Waals surface area contributed by atoms with Gasteiger partial charge in [-0.05, 0) is 49.1 Å². The summed E-state index contributed by atoms with van der Waals surface area (Å²) in [5.74, 6) is 1.39. The number of benzene rings is 2. The van der Waals surface area contributed by atoms with Crippen LogP contribution < -0.4 is 14.8 Å². The first-order valence-electron chi connectivity index (χ1n) is 10.7. The molecule has 0 radical (unpaired) electrons. The third-order valence-corrected chi connectivity index (χ3v) is 5.97. The van der Waals surface area contributed by atoms with Crippen molar-refractivity contribution < 1.29 is 9.47 Å². The molecule has 1 aliphatic carbocycles. The molecule has 0 heterocycles. The second-order valence-corrected chi connectivity index (χ2v) is 8.51. The topological polar surface area (TPSA) is 30.5 Å². The molecule has 0 aromatic heterocycles. The molecule has 1 fully saturated rings. The maximum absolute atomic E-state index is 6.59. The Balaban J connectivity index is 1.66. The molecule has 2 aromatic rings. The average Bonchev–Trinajstić information content (AvgIpc) is 2.68. The fraction of sp³-hybridized carbons (Fsp3) is 0.500. The zero-order valence-electron chi connectivity index (χ0n) is 17.2. The first kappa shape index (κ1) is 22.3. The van der Waals surface area contributed by atoms with Crippen molar-refractivity contribution in [2.45, 2.75) is 71.1 Å². The van der Waals surface area contributed by atoms with Crippen molar-refractivity contribution in [1.29, 1.82) is 0 Å². The summed E-state index contributed by atoms with van der Waals surface area (Å²) in [6.07, 6.45) is 9.20. The van der Waals surface area contributed by atoms with Crippen molar-refractivity contribution in [1.82, 2.24) is 5.32 Å².